The molecule has 1 heterocycles. The van der Waals surface area contributed by atoms with Crippen molar-refractivity contribution in [2.75, 3.05) is 6.26 Å². The van der Waals surface area contributed by atoms with Gasteiger partial charge in [-0.3, -0.25) is 0 Å². The molecule has 0 aromatic heterocycles. The lowest BCUT2D eigenvalue weighted by Gasteiger charge is -2.21. The van der Waals surface area contributed by atoms with E-state index < -0.39 is 21.4 Å². The first-order valence-corrected chi connectivity index (χ1v) is 9.53. The van der Waals surface area contributed by atoms with Crippen molar-refractivity contribution in [3.05, 3.63) is 65.5 Å². The summed E-state index contributed by atoms with van der Waals surface area (Å²) in [5.74, 6) is -0.858. The summed E-state index contributed by atoms with van der Waals surface area (Å²) in [5, 5.41) is 0. The van der Waals surface area contributed by atoms with E-state index in [1.165, 1.54) is 24.3 Å². The van der Waals surface area contributed by atoms with E-state index in [0.29, 0.717) is 22.3 Å². The molecule has 2 aromatic carbocycles. The van der Waals surface area contributed by atoms with Crippen LogP contribution in [-0.4, -0.2) is 26.2 Å². The van der Waals surface area contributed by atoms with Crippen molar-refractivity contribution >= 4 is 27.0 Å². The minimum Gasteiger partial charge on any atom is -0.451 e. The Balaban J connectivity index is 2.20. The number of carbonyl (C=O) groups is 1. The molecule has 4 nitrogen and oxygen atoms in total. The lowest BCUT2D eigenvalue weighted by Crippen LogP contribution is -2.22. The van der Waals surface area contributed by atoms with Crippen LogP contribution in [0.5, 0.6) is 0 Å². The van der Waals surface area contributed by atoms with Crippen molar-refractivity contribution in [1.29, 1.82) is 0 Å². The average molecular weight is 360 g/mol. The van der Waals surface area contributed by atoms with Crippen LogP contribution < -0.4 is 0 Å². The zero-order valence-electron chi connectivity index (χ0n) is 14.0. The van der Waals surface area contributed by atoms with Crippen LogP contribution in [0.4, 0.5) is 4.39 Å². The Hall–Kier alpha value is -2.47. The van der Waals surface area contributed by atoms with Crippen molar-refractivity contribution < 1.29 is 22.3 Å². The van der Waals surface area contributed by atoms with Gasteiger partial charge in [0.15, 0.2) is 9.84 Å². The van der Waals surface area contributed by atoms with Gasteiger partial charge in [-0.15, -0.1) is 0 Å². The lowest BCUT2D eigenvalue weighted by molar-refractivity contribution is -0.141. The van der Waals surface area contributed by atoms with Gasteiger partial charge in [0, 0.05) is 11.8 Å². The maximum absolute atomic E-state index is 13.2. The number of cyclic esters (lactones) is 1. The molecule has 0 amide bonds. The van der Waals surface area contributed by atoms with E-state index in [9.17, 15) is 17.6 Å². The molecule has 0 aliphatic carbocycles. The van der Waals surface area contributed by atoms with Gasteiger partial charge in [0.05, 0.1) is 10.5 Å². The molecule has 0 bridgehead atoms. The van der Waals surface area contributed by atoms with Crippen LogP contribution >= 0.6 is 0 Å². The van der Waals surface area contributed by atoms with Crippen molar-refractivity contribution in [2.24, 2.45) is 0 Å². The summed E-state index contributed by atoms with van der Waals surface area (Å²) < 4.78 is 42.0. The Morgan fingerprint density at radius 2 is 1.44 bits per heavy atom. The van der Waals surface area contributed by atoms with Crippen LogP contribution in [0.25, 0.3) is 11.1 Å². The monoisotopic (exact) mass is 360 g/mol. The maximum atomic E-state index is 13.2. The average Bonchev–Trinajstić information content (AvgIpc) is 2.76. The van der Waals surface area contributed by atoms with Gasteiger partial charge < -0.3 is 4.74 Å². The highest BCUT2D eigenvalue weighted by Crippen LogP contribution is 2.43. The van der Waals surface area contributed by atoms with Crippen molar-refractivity contribution in [2.45, 2.75) is 24.3 Å². The van der Waals surface area contributed by atoms with E-state index in [1.807, 2.05) is 0 Å². The molecule has 0 saturated carbocycles. The summed E-state index contributed by atoms with van der Waals surface area (Å²) >= 11 is 0. The molecular formula is C19H17FO4S. The molecule has 0 spiro atoms. The number of halogens is 1. The van der Waals surface area contributed by atoms with Crippen LogP contribution in [0.15, 0.2) is 53.4 Å². The number of esters is 1. The normalized spacial score (nSPS) is 16.9. The van der Waals surface area contributed by atoms with Crippen LogP contribution in [0.1, 0.15) is 25.0 Å². The third kappa shape index (κ3) is 3.22. The number of benzene rings is 2. The minimum absolute atomic E-state index is 0.172. The quantitative estimate of drug-likeness (QED) is 0.787. The number of hydrogen-bond acceptors (Lipinski definition) is 4. The topological polar surface area (TPSA) is 60.4 Å². The zero-order chi connectivity index (χ0) is 18.4. The van der Waals surface area contributed by atoms with Gasteiger partial charge in [-0.1, -0.05) is 24.3 Å². The highest BCUT2D eigenvalue weighted by molar-refractivity contribution is 7.90. The van der Waals surface area contributed by atoms with Crippen molar-refractivity contribution in [3.63, 3.8) is 0 Å². The second-order valence-electron chi connectivity index (χ2n) is 6.45. The summed E-state index contributed by atoms with van der Waals surface area (Å²) in [6.45, 7) is 3.53. The molecule has 25 heavy (non-hydrogen) atoms. The fourth-order valence-corrected chi connectivity index (χ4v) is 3.61. The first-order chi connectivity index (χ1) is 11.6. The number of carbonyl (C=O) groups excluding carboxylic acids is 1. The van der Waals surface area contributed by atoms with Gasteiger partial charge in [-0.25, -0.2) is 17.6 Å². The van der Waals surface area contributed by atoms with E-state index in [2.05, 4.69) is 0 Å². The minimum atomic E-state index is -3.32. The molecular weight excluding hydrogens is 343 g/mol. The standard InChI is InChI=1S/C19H17FO4S/c1-19(2)17(13-4-8-14(20)9-5-13)16(18(21)24-19)12-6-10-15(11-7-12)25(3,22)23/h4-11H,1-3H3. The Morgan fingerprint density at radius 3 is 1.96 bits per heavy atom. The second-order valence-corrected chi connectivity index (χ2v) is 8.47. The predicted molar refractivity (Wildman–Crippen MR) is 92.9 cm³/mol. The molecule has 1 aliphatic rings. The Morgan fingerprint density at radius 1 is 0.920 bits per heavy atom. The number of ether oxygens (including phenoxy) is 1. The molecule has 1 aliphatic heterocycles. The van der Waals surface area contributed by atoms with Crippen LogP contribution in [0.3, 0.4) is 0 Å². The Bertz CT molecular complexity index is 969. The summed E-state index contributed by atoms with van der Waals surface area (Å²) in [6.07, 6.45) is 1.12. The summed E-state index contributed by atoms with van der Waals surface area (Å²) in [7, 11) is -3.32. The van der Waals surface area contributed by atoms with E-state index >= 15 is 0 Å². The highest BCUT2D eigenvalue weighted by atomic mass is 32.2. The number of sulfone groups is 1. The van der Waals surface area contributed by atoms with E-state index in [-0.39, 0.29) is 10.7 Å². The van der Waals surface area contributed by atoms with Gasteiger partial charge in [-0.2, -0.15) is 0 Å². The lowest BCUT2D eigenvalue weighted by atomic mass is 9.87. The Labute approximate surface area is 145 Å². The third-order valence-electron chi connectivity index (χ3n) is 4.11. The highest BCUT2D eigenvalue weighted by Gasteiger charge is 2.41. The molecule has 3 rings (SSSR count). The van der Waals surface area contributed by atoms with Crippen LogP contribution in [0, 0.1) is 5.82 Å². The van der Waals surface area contributed by atoms with E-state index in [4.69, 9.17) is 4.74 Å². The smallest absolute Gasteiger partial charge is 0.340 e. The van der Waals surface area contributed by atoms with Gasteiger partial charge in [-0.05, 0) is 49.2 Å². The first-order valence-electron chi connectivity index (χ1n) is 7.64. The summed E-state index contributed by atoms with van der Waals surface area (Å²) in [6, 6.07) is 11.9. The molecule has 0 atom stereocenters. The van der Waals surface area contributed by atoms with E-state index in [0.717, 1.165) is 6.26 Å². The fourth-order valence-electron chi connectivity index (χ4n) is 2.98. The Kier molecular flexibility index (Phi) is 4.03. The largest absolute Gasteiger partial charge is 0.451 e. The number of hydrogen-bond donors (Lipinski definition) is 0. The molecule has 6 heteroatoms. The number of rotatable bonds is 3. The predicted octanol–water partition coefficient (Wildman–Crippen LogP) is 3.48. The van der Waals surface area contributed by atoms with Gasteiger partial charge in [0.25, 0.3) is 0 Å². The summed E-state index contributed by atoms with van der Waals surface area (Å²) in [4.78, 5) is 12.6. The van der Waals surface area contributed by atoms with Gasteiger partial charge in [0.1, 0.15) is 11.4 Å². The zero-order valence-corrected chi connectivity index (χ0v) is 14.9. The fraction of sp³-hybridized carbons (Fsp3) is 0.211. The molecule has 130 valence electrons. The molecule has 0 unspecified atom stereocenters. The molecule has 2 aromatic rings. The molecule has 0 saturated heterocycles. The first kappa shape index (κ1) is 17.4. The van der Waals surface area contributed by atoms with Crippen LogP contribution in [0.2, 0.25) is 0 Å². The van der Waals surface area contributed by atoms with Gasteiger partial charge >= 0.3 is 5.97 Å². The van der Waals surface area contributed by atoms with Gasteiger partial charge in [0.2, 0.25) is 0 Å². The van der Waals surface area contributed by atoms with Crippen molar-refractivity contribution in [3.8, 4) is 0 Å². The van der Waals surface area contributed by atoms with Crippen molar-refractivity contribution in [1.82, 2.24) is 0 Å². The maximum Gasteiger partial charge on any atom is 0.340 e. The molecule has 0 N–H and O–H groups in total. The molecule has 0 radical (unpaired) electrons. The van der Waals surface area contributed by atoms with E-state index in [1.54, 1.807) is 38.1 Å². The SMILES string of the molecule is CC1(C)OC(=O)C(c2ccc(S(C)(=O)=O)cc2)=C1c1ccc(F)cc1. The molecule has 0 fully saturated rings. The summed E-state index contributed by atoms with van der Waals surface area (Å²) in [5.41, 5.74) is 1.36. The third-order valence-corrected chi connectivity index (χ3v) is 5.24. The van der Waals surface area contributed by atoms with Crippen LogP contribution in [-0.2, 0) is 19.4 Å². The second kappa shape index (κ2) is 5.81.